The van der Waals surface area contributed by atoms with E-state index in [1.165, 1.54) is 0 Å². The van der Waals surface area contributed by atoms with Gasteiger partial charge in [0.05, 0.1) is 11.4 Å². The molecule has 0 amide bonds. The topological polar surface area (TPSA) is 83.2 Å². The number of aliphatic imine (C=N–C) groups is 1. The number of nitrogens with two attached hydrogens (primary N) is 1. The molecular weight excluding hydrogens is 264 g/mol. The number of rotatable bonds is 3. The van der Waals surface area contributed by atoms with Gasteiger partial charge in [0.15, 0.2) is 5.82 Å². The van der Waals surface area contributed by atoms with Gasteiger partial charge in [-0.1, -0.05) is 0 Å². The zero-order valence-electron chi connectivity index (χ0n) is 13.4. The minimum Gasteiger partial charge on any atom is -0.387 e. The Hall–Kier alpha value is -2.37. The zero-order valence-corrected chi connectivity index (χ0v) is 13.4. The van der Waals surface area contributed by atoms with Gasteiger partial charge in [0.1, 0.15) is 5.82 Å². The Bertz CT molecular complexity index is 669. The van der Waals surface area contributed by atoms with Crippen LogP contribution in [0.25, 0.3) is 11.1 Å². The summed E-state index contributed by atoms with van der Waals surface area (Å²) in [6.45, 7) is 7.81. The fourth-order valence-corrected chi connectivity index (χ4v) is 2.38. The molecular formula is C15H22N6. The standard InChI is InChI=1S/C15H22N6/c1-8-7-12(21(5)6)17-9(2)13(8)14-10(3)19-20-15(14)18-11(4)16/h7H,1-6H3,(H3,16,18,19,20). The van der Waals surface area contributed by atoms with Crippen LogP contribution in [0, 0.1) is 20.8 Å². The molecule has 0 aliphatic carbocycles. The van der Waals surface area contributed by atoms with Crippen molar-refractivity contribution in [2.45, 2.75) is 27.7 Å². The van der Waals surface area contributed by atoms with Gasteiger partial charge in [-0.3, -0.25) is 5.10 Å². The largest absolute Gasteiger partial charge is 0.387 e. The number of aromatic amines is 1. The van der Waals surface area contributed by atoms with E-state index < -0.39 is 0 Å². The van der Waals surface area contributed by atoms with Crippen LogP contribution >= 0.6 is 0 Å². The minimum absolute atomic E-state index is 0.482. The summed E-state index contributed by atoms with van der Waals surface area (Å²) in [7, 11) is 3.97. The number of aromatic nitrogens is 3. The van der Waals surface area contributed by atoms with E-state index >= 15 is 0 Å². The van der Waals surface area contributed by atoms with E-state index in [-0.39, 0.29) is 0 Å². The molecule has 6 nitrogen and oxygen atoms in total. The summed E-state index contributed by atoms with van der Waals surface area (Å²) in [6.07, 6.45) is 0. The second-order valence-corrected chi connectivity index (χ2v) is 5.45. The van der Waals surface area contributed by atoms with E-state index in [4.69, 9.17) is 5.73 Å². The van der Waals surface area contributed by atoms with E-state index in [2.05, 4.69) is 33.2 Å². The lowest BCUT2D eigenvalue weighted by Crippen LogP contribution is -2.12. The quantitative estimate of drug-likeness (QED) is 0.670. The van der Waals surface area contributed by atoms with Crippen molar-refractivity contribution in [3.8, 4) is 11.1 Å². The van der Waals surface area contributed by atoms with E-state index in [9.17, 15) is 0 Å². The monoisotopic (exact) mass is 286 g/mol. The molecule has 21 heavy (non-hydrogen) atoms. The Kier molecular flexibility index (Phi) is 3.97. The van der Waals surface area contributed by atoms with Gasteiger partial charge in [-0.05, 0) is 39.3 Å². The van der Waals surface area contributed by atoms with Crippen LogP contribution in [-0.2, 0) is 0 Å². The van der Waals surface area contributed by atoms with Crippen LogP contribution in [0.1, 0.15) is 23.9 Å². The van der Waals surface area contributed by atoms with E-state index in [1.807, 2.05) is 32.8 Å². The molecule has 2 aromatic rings. The number of hydrogen-bond acceptors (Lipinski definition) is 4. The van der Waals surface area contributed by atoms with Crippen LogP contribution in [0.2, 0.25) is 0 Å². The molecule has 2 rings (SSSR count). The summed E-state index contributed by atoms with van der Waals surface area (Å²) >= 11 is 0. The van der Waals surface area contributed by atoms with Gasteiger partial charge in [0.25, 0.3) is 0 Å². The fraction of sp³-hybridized carbons (Fsp3) is 0.400. The molecule has 2 aromatic heterocycles. The third-order valence-electron chi connectivity index (χ3n) is 3.30. The van der Waals surface area contributed by atoms with Crippen molar-refractivity contribution < 1.29 is 0 Å². The molecule has 0 unspecified atom stereocenters. The highest BCUT2D eigenvalue weighted by atomic mass is 15.2. The molecule has 0 radical (unpaired) electrons. The average Bonchev–Trinajstić information content (AvgIpc) is 2.70. The molecule has 0 aliphatic heterocycles. The Morgan fingerprint density at radius 3 is 2.43 bits per heavy atom. The molecule has 112 valence electrons. The number of pyridine rings is 1. The van der Waals surface area contributed by atoms with Gasteiger partial charge < -0.3 is 10.6 Å². The highest BCUT2D eigenvalue weighted by molar-refractivity contribution is 5.86. The molecule has 2 heterocycles. The molecule has 0 aliphatic rings. The van der Waals surface area contributed by atoms with Gasteiger partial charge in [-0.2, -0.15) is 5.10 Å². The van der Waals surface area contributed by atoms with Crippen molar-refractivity contribution in [2.24, 2.45) is 10.7 Å². The lowest BCUT2D eigenvalue weighted by molar-refractivity contribution is 1.04. The highest BCUT2D eigenvalue weighted by Gasteiger charge is 2.18. The molecule has 3 N–H and O–H groups in total. The lowest BCUT2D eigenvalue weighted by Gasteiger charge is -2.16. The zero-order chi connectivity index (χ0) is 15.7. The molecule has 0 bridgehead atoms. The van der Waals surface area contributed by atoms with Crippen LogP contribution in [0.15, 0.2) is 11.1 Å². The lowest BCUT2D eigenvalue weighted by atomic mass is 9.99. The van der Waals surface area contributed by atoms with Gasteiger partial charge in [-0.25, -0.2) is 9.98 Å². The van der Waals surface area contributed by atoms with E-state index in [0.29, 0.717) is 11.7 Å². The predicted octanol–water partition coefficient (Wildman–Crippen LogP) is 2.47. The van der Waals surface area contributed by atoms with Gasteiger partial charge >= 0.3 is 0 Å². The number of H-pyrrole nitrogens is 1. The maximum Gasteiger partial charge on any atom is 0.183 e. The van der Waals surface area contributed by atoms with Crippen molar-refractivity contribution in [3.63, 3.8) is 0 Å². The smallest absolute Gasteiger partial charge is 0.183 e. The second-order valence-electron chi connectivity index (χ2n) is 5.45. The predicted molar refractivity (Wildman–Crippen MR) is 87.3 cm³/mol. The molecule has 0 fully saturated rings. The first-order chi connectivity index (χ1) is 9.81. The Labute approximate surface area is 125 Å². The minimum atomic E-state index is 0.482. The summed E-state index contributed by atoms with van der Waals surface area (Å²) in [4.78, 5) is 11.0. The van der Waals surface area contributed by atoms with E-state index in [0.717, 1.165) is 33.9 Å². The maximum absolute atomic E-state index is 5.69. The highest BCUT2D eigenvalue weighted by Crippen LogP contribution is 2.36. The molecule has 6 heteroatoms. The number of anilines is 1. The van der Waals surface area contributed by atoms with Gasteiger partial charge in [0, 0.05) is 31.0 Å². The summed E-state index contributed by atoms with van der Waals surface area (Å²) < 4.78 is 0. The first kappa shape index (κ1) is 15.0. The number of aryl methyl sites for hydroxylation is 3. The van der Waals surface area contributed by atoms with Crippen LogP contribution in [0.5, 0.6) is 0 Å². The third-order valence-corrected chi connectivity index (χ3v) is 3.30. The first-order valence-corrected chi connectivity index (χ1v) is 6.83. The molecule has 0 atom stereocenters. The van der Waals surface area contributed by atoms with Gasteiger partial charge in [0.2, 0.25) is 0 Å². The molecule has 0 aromatic carbocycles. The van der Waals surface area contributed by atoms with Crippen molar-refractivity contribution >= 4 is 17.5 Å². The summed E-state index contributed by atoms with van der Waals surface area (Å²) in [5.41, 5.74) is 10.8. The molecule has 0 saturated carbocycles. The fourth-order valence-electron chi connectivity index (χ4n) is 2.38. The summed E-state index contributed by atoms with van der Waals surface area (Å²) in [5.74, 6) is 2.03. The van der Waals surface area contributed by atoms with Crippen molar-refractivity contribution in [2.75, 3.05) is 19.0 Å². The van der Waals surface area contributed by atoms with Crippen LogP contribution in [-0.4, -0.2) is 35.1 Å². The number of hydrogen-bond donors (Lipinski definition) is 2. The number of nitrogens with zero attached hydrogens (tertiary/aromatic N) is 4. The van der Waals surface area contributed by atoms with Crippen LogP contribution in [0.3, 0.4) is 0 Å². The first-order valence-electron chi connectivity index (χ1n) is 6.83. The van der Waals surface area contributed by atoms with Gasteiger partial charge in [-0.15, -0.1) is 0 Å². The summed E-state index contributed by atoms with van der Waals surface area (Å²) in [5, 5.41) is 7.22. The molecule has 0 saturated heterocycles. The van der Waals surface area contributed by atoms with Crippen LogP contribution in [0.4, 0.5) is 11.6 Å². The van der Waals surface area contributed by atoms with Crippen molar-refractivity contribution in [3.05, 3.63) is 23.0 Å². The van der Waals surface area contributed by atoms with E-state index in [1.54, 1.807) is 6.92 Å². The Morgan fingerprint density at radius 1 is 1.24 bits per heavy atom. The Balaban J connectivity index is 2.68. The second kappa shape index (κ2) is 5.55. The maximum atomic E-state index is 5.69. The van der Waals surface area contributed by atoms with Crippen molar-refractivity contribution in [1.82, 2.24) is 15.2 Å². The van der Waals surface area contributed by atoms with Crippen LogP contribution < -0.4 is 10.6 Å². The van der Waals surface area contributed by atoms with Crippen molar-refractivity contribution in [1.29, 1.82) is 0 Å². The SMILES string of the molecule is CC(N)=Nc1n[nH]c(C)c1-c1c(C)cc(N(C)C)nc1C. The average molecular weight is 286 g/mol. The Morgan fingerprint density at radius 2 is 1.90 bits per heavy atom. The third kappa shape index (κ3) is 2.89. The summed E-state index contributed by atoms with van der Waals surface area (Å²) in [6, 6.07) is 2.07. The molecule has 0 spiro atoms. The number of nitrogens with one attached hydrogen (secondary N) is 1. The number of amidine groups is 1. The normalized spacial score (nSPS) is 11.8.